The van der Waals surface area contributed by atoms with Gasteiger partial charge in [-0.25, -0.2) is 4.79 Å². The van der Waals surface area contributed by atoms with Crippen molar-refractivity contribution in [3.8, 4) is 0 Å². The second-order valence-electron chi connectivity index (χ2n) is 2.86. The van der Waals surface area contributed by atoms with Crippen LogP contribution < -0.4 is 16.8 Å². The number of rotatable bonds is 3. The molecular weight excluding hydrogens is 182 g/mol. The molecule has 14 heavy (non-hydrogen) atoms. The highest BCUT2D eigenvalue weighted by molar-refractivity contribution is 5.87. The van der Waals surface area contributed by atoms with E-state index in [-0.39, 0.29) is 6.54 Å². The van der Waals surface area contributed by atoms with Crippen molar-refractivity contribution in [2.24, 2.45) is 11.5 Å². The van der Waals surface area contributed by atoms with E-state index in [2.05, 4.69) is 5.32 Å². The maximum Gasteiger partial charge on any atom is 0.316 e. The topological polar surface area (TPSA) is 101 Å². The van der Waals surface area contributed by atoms with Gasteiger partial charge in [0.25, 0.3) is 0 Å². The van der Waals surface area contributed by atoms with Crippen molar-refractivity contribution < 1.29 is 9.90 Å². The zero-order valence-electron chi connectivity index (χ0n) is 7.60. The van der Waals surface area contributed by atoms with E-state index in [9.17, 15) is 9.90 Å². The second kappa shape index (κ2) is 4.59. The first kappa shape index (κ1) is 10.5. The summed E-state index contributed by atoms with van der Waals surface area (Å²) in [6.07, 6.45) is -0.669. The van der Waals surface area contributed by atoms with Gasteiger partial charge in [-0.05, 0) is 17.7 Å². The summed E-state index contributed by atoms with van der Waals surface area (Å²) in [6.45, 7) is 0.169. The van der Waals surface area contributed by atoms with Gasteiger partial charge in [0.05, 0.1) is 6.10 Å². The van der Waals surface area contributed by atoms with Crippen LogP contribution in [0.25, 0.3) is 0 Å². The lowest BCUT2D eigenvalue weighted by Gasteiger charge is -2.08. The molecule has 1 rings (SSSR count). The molecule has 1 aromatic rings. The summed E-state index contributed by atoms with van der Waals surface area (Å²) in [5.41, 5.74) is 11.5. The third kappa shape index (κ3) is 2.72. The van der Waals surface area contributed by atoms with Gasteiger partial charge in [0.2, 0.25) is 0 Å². The molecule has 0 spiro atoms. The number of benzene rings is 1. The molecule has 0 saturated carbocycles. The van der Waals surface area contributed by atoms with Crippen molar-refractivity contribution in [1.82, 2.24) is 0 Å². The van der Waals surface area contributed by atoms with Crippen LogP contribution >= 0.6 is 0 Å². The van der Waals surface area contributed by atoms with Crippen LogP contribution in [-0.2, 0) is 0 Å². The highest BCUT2D eigenvalue weighted by atomic mass is 16.3. The number of nitrogens with two attached hydrogens (primary N) is 2. The first-order valence-electron chi connectivity index (χ1n) is 4.18. The first-order chi connectivity index (χ1) is 6.63. The van der Waals surface area contributed by atoms with Crippen molar-refractivity contribution in [3.63, 3.8) is 0 Å². The van der Waals surface area contributed by atoms with Gasteiger partial charge >= 0.3 is 6.03 Å². The fourth-order valence-electron chi connectivity index (χ4n) is 1.07. The van der Waals surface area contributed by atoms with E-state index in [4.69, 9.17) is 11.5 Å². The first-order valence-corrected chi connectivity index (χ1v) is 4.18. The Hall–Kier alpha value is -1.59. The van der Waals surface area contributed by atoms with E-state index in [1.54, 1.807) is 24.3 Å². The normalized spacial score (nSPS) is 12.1. The Kier molecular flexibility index (Phi) is 3.44. The highest BCUT2D eigenvalue weighted by Crippen LogP contribution is 2.14. The molecule has 1 unspecified atom stereocenters. The van der Waals surface area contributed by atoms with Gasteiger partial charge in [0.15, 0.2) is 0 Å². The van der Waals surface area contributed by atoms with Crippen LogP contribution in [0.5, 0.6) is 0 Å². The van der Waals surface area contributed by atoms with Gasteiger partial charge in [-0.2, -0.15) is 0 Å². The van der Waals surface area contributed by atoms with Crippen molar-refractivity contribution in [3.05, 3.63) is 29.8 Å². The summed E-state index contributed by atoms with van der Waals surface area (Å²) >= 11 is 0. The lowest BCUT2D eigenvalue weighted by molar-refractivity contribution is 0.187. The molecule has 76 valence electrons. The molecule has 1 atom stereocenters. The Morgan fingerprint density at radius 3 is 2.43 bits per heavy atom. The summed E-state index contributed by atoms with van der Waals surface area (Å²) in [4.78, 5) is 10.5. The van der Waals surface area contributed by atoms with Crippen LogP contribution in [0.4, 0.5) is 10.5 Å². The van der Waals surface area contributed by atoms with Crippen LogP contribution in [0.1, 0.15) is 11.7 Å². The van der Waals surface area contributed by atoms with Gasteiger partial charge in [0.1, 0.15) is 0 Å². The van der Waals surface area contributed by atoms with Crippen LogP contribution in [0.3, 0.4) is 0 Å². The Balaban J connectivity index is 2.73. The number of anilines is 1. The van der Waals surface area contributed by atoms with Gasteiger partial charge in [-0.15, -0.1) is 0 Å². The molecule has 0 heterocycles. The largest absolute Gasteiger partial charge is 0.387 e. The minimum atomic E-state index is -0.669. The van der Waals surface area contributed by atoms with E-state index >= 15 is 0 Å². The number of hydrogen-bond donors (Lipinski definition) is 4. The van der Waals surface area contributed by atoms with Crippen molar-refractivity contribution >= 4 is 11.7 Å². The summed E-state index contributed by atoms with van der Waals surface area (Å²) in [6, 6.07) is 6.06. The quantitative estimate of drug-likeness (QED) is 0.553. The zero-order valence-corrected chi connectivity index (χ0v) is 7.60. The fraction of sp³-hybridized carbons (Fsp3) is 0.222. The SMILES string of the molecule is NCC(O)c1ccc(NC(N)=O)cc1. The van der Waals surface area contributed by atoms with E-state index in [1.807, 2.05) is 0 Å². The summed E-state index contributed by atoms with van der Waals surface area (Å²) in [5.74, 6) is 0. The number of hydrogen-bond acceptors (Lipinski definition) is 3. The number of amides is 2. The van der Waals surface area contributed by atoms with Gasteiger partial charge < -0.3 is 21.9 Å². The molecule has 0 aliphatic carbocycles. The summed E-state index contributed by atoms with van der Waals surface area (Å²) < 4.78 is 0. The van der Waals surface area contributed by atoms with Crippen LogP contribution in [0.15, 0.2) is 24.3 Å². The molecule has 0 radical (unpaired) electrons. The average molecular weight is 195 g/mol. The predicted octanol–water partition coefficient (Wildman–Crippen LogP) is 0.169. The van der Waals surface area contributed by atoms with Crippen molar-refractivity contribution in [2.75, 3.05) is 11.9 Å². The van der Waals surface area contributed by atoms with Crippen LogP contribution in [0.2, 0.25) is 0 Å². The Labute approximate surface area is 81.7 Å². The minimum Gasteiger partial charge on any atom is -0.387 e. The smallest absolute Gasteiger partial charge is 0.316 e. The Bertz CT molecular complexity index is 310. The number of primary amides is 1. The molecule has 5 nitrogen and oxygen atoms in total. The summed E-state index contributed by atoms with van der Waals surface area (Å²) in [5, 5.41) is 11.8. The molecule has 0 saturated heterocycles. The average Bonchev–Trinajstić information content (AvgIpc) is 2.17. The molecule has 0 bridgehead atoms. The predicted molar refractivity (Wildman–Crippen MR) is 53.7 cm³/mol. The van der Waals surface area contributed by atoms with Gasteiger partial charge in [-0.3, -0.25) is 0 Å². The molecule has 5 heteroatoms. The van der Waals surface area contributed by atoms with Crippen molar-refractivity contribution in [1.29, 1.82) is 0 Å². The lowest BCUT2D eigenvalue weighted by Crippen LogP contribution is -2.19. The van der Waals surface area contributed by atoms with E-state index in [0.29, 0.717) is 11.3 Å². The van der Waals surface area contributed by atoms with E-state index in [0.717, 1.165) is 0 Å². The summed E-state index contributed by atoms with van der Waals surface area (Å²) in [7, 11) is 0. The third-order valence-corrected chi connectivity index (χ3v) is 1.79. The number of carbonyl (C=O) groups excluding carboxylic acids is 1. The molecule has 0 fully saturated rings. The van der Waals surface area contributed by atoms with Gasteiger partial charge in [0, 0.05) is 12.2 Å². The molecule has 0 aromatic heterocycles. The van der Waals surface area contributed by atoms with Crippen LogP contribution in [0, 0.1) is 0 Å². The highest BCUT2D eigenvalue weighted by Gasteiger charge is 2.04. The molecule has 2 amide bonds. The standard InChI is InChI=1S/C9H13N3O2/c10-5-8(13)6-1-3-7(4-2-6)12-9(11)14/h1-4,8,13H,5,10H2,(H3,11,12,14). The number of carbonyl (C=O) groups is 1. The van der Waals surface area contributed by atoms with Crippen LogP contribution in [-0.4, -0.2) is 17.7 Å². The number of urea groups is 1. The minimum absolute atomic E-state index is 0.169. The fourth-order valence-corrected chi connectivity index (χ4v) is 1.07. The zero-order chi connectivity index (χ0) is 10.6. The molecule has 0 aliphatic rings. The third-order valence-electron chi connectivity index (χ3n) is 1.79. The Morgan fingerprint density at radius 1 is 1.43 bits per heavy atom. The van der Waals surface area contributed by atoms with Gasteiger partial charge in [-0.1, -0.05) is 12.1 Å². The van der Waals surface area contributed by atoms with Crippen molar-refractivity contribution in [2.45, 2.75) is 6.10 Å². The molecule has 6 N–H and O–H groups in total. The maximum atomic E-state index is 10.5. The van der Waals surface area contributed by atoms with E-state index < -0.39 is 12.1 Å². The molecule has 0 aliphatic heterocycles. The monoisotopic (exact) mass is 195 g/mol. The maximum absolute atomic E-state index is 10.5. The Morgan fingerprint density at radius 2 is 2.00 bits per heavy atom. The second-order valence-corrected chi connectivity index (χ2v) is 2.86. The molecule has 1 aromatic carbocycles. The molecular formula is C9H13N3O2. The van der Waals surface area contributed by atoms with E-state index in [1.165, 1.54) is 0 Å². The number of aliphatic hydroxyl groups excluding tert-OH is 1. The lowest BCUT2D eigenvalue weighted by atomic mass is 10.1. The number of nitrogens with one attached hydrogen (secondary N) is 1. The number of aliphatic hydroxyl groups is 1.